The number of nitrogens with one attached hydrogen (secondary N) is 1. The maximum absolute atomic E-state index is 12.3. The molecule has 1 atom stereocenters. The number of morpholine rings is 1. The molecule has 1 aliphatic rings. The fraction of sp³-hybridized carbons (Fsp3) is 0.500. The number of anilines is 1. The van der Waals surface area contributed by atoms with Gasteiger partial charge in [0.25, 0.3) is 0 Å². The number of hydrogen-bond donors (Lipinski definition) is 1. The second kappa shape index (κ2) is 7.82. The zero-order chi connectivity index (χ0) is 16.8. The summed E-state index contributed by atoms with van der Waals surface area (Å²) in [4.78, 5) is 26.1. The molecule has 1 aromatic carbocycles. The summed E-state index contributed by atoms with van der Waals surface area (Å²) in [5, 5.41) is 2.77. The summed E-state index contributed by atoms with van der Waals surface area (Å²) in [5.74, 6) is 0.496. The molecule has 7 heteroatoms. The van der Waals surface area contributed by atoms with Gasteiger partial charge in [-0.05, 0) is 18.7 Å². The molecule has 23 heavy (non-hydrogen) atoms. The molecule has 0 bridgehead atoms. The first-order valence-electron chi connectivity index (χ1n) is 7.51. The fourth-order valence-electron chi connectivity index (χ4n) is 2.54. The number of rotatable bonds is 6. The minimum absolute atomic E-state index is 0.0348. The Bertz CT molecular complexity index is 576. The molecule has 0 aliphatic carbocycles. The normalized spacial score (nSPS) is 18.2. The molecule has 1 aliphatic heterocycles. The van der Waals surface area contributed by atoms with Crippen LogP contribution in [0.4, 0.5) is 5.69 Å². The van der Waals surface area contributed by atoms with E-state index in [0.717, 1.165) is 0 Å². The van der Waals surface area contributed by atoms with E-state index in [2.05, 4.69) is 5.32 Å². The number of carbonyl (C=O) groups is 2. The highest BCUT2D eigenvalue weighted by atomic mass is 16.5. The molecule has 2 rings (SSSR count). The number of nitrogens with zero attached hydrogens (tertiary/aromatic N) is 1. The van der Waals surface area contributed by atoms with Gasteiger partial charge < -0.3 is 19.5 Å². The number of hydrogen-bond acceptors (Lipinski definition) is 6. The lowest BCUT2D eigenvalue weighted by molar-refractivity contribution is -0.158. The second-order valence-corrected chi connectivity index (χ2v) is 5.13. The molecule has 0 saturated carbocycles. The van der Waals surface area contributed by atoms with Gasteiger partial charge in [-0.15, -0.1) is 0 Å². The Morgan fingerprint density at radius 1 is 1.39 bits per heavy atom. The number of esters is 1. The van der Waals surface area contributed by atoms with E-state index in [0.29, 0.717) is 36.9 Å². The zero-order valence-corrected chi connectivity index (χ0v) is 13.6. The molecule has 1 saturated heterocycles. The Morgan fingerprint density at radius 2 is 2.17 bits per heavy atom. The van der Waals surface area contributed by atoms with Crippen LogP contribution in [0, 0.1) is 0 Å². The van der Waals surface area contributed by atoms with E-state index in [1.54, 1.807) is 25.3 Å². The summed E-state index contributed by atoms with van der Waals surface area (Å²) < 4.78 is 15.4. The minimum Gasteiger partial charge on any atom is -0.497 e. The summed E-state index contributed by atoms with van der Waals surface area (Å²) in [7, 11) is 3.07. The fourth-order valence-corrected chi connectivity index (χ4v) is 2.54. The van der Waals surface area contributed by atoms with Crippen molar-refractivity contribution in [2.45, 2.75) is 19.4 Å². The van der Waals surface area contributed by atoms with Crippen LogP contribution in [-0.4, -0.2) is 56.7 Å². The lowest BCUT2D eigenvalue weighted by atomic mass is 10.1. The van der Waals surface area contributed by atoms with Crippen molar-refractivity contribution in [2.24, 2.45) is 0 Å². The lowest BCUT2D eigenvalue weighted by Gasteiger charge is -2.32. The molecule has 1 aromatic rings. The van der Waals surface area contributed by atoms with Gasteiger partial charge in [0.1, 0.15) is 24.1 Å². The first-order valence-corrected chi connectivity index (χ1v) is 7.51. The van der Waals surface area contributed by atoms with Crippen LogP contribution in [0.2, 0.25) is 0 Å². The third-order valence-corrected chi connectivity index (χ3v) is 3.80. The SMILES string of the molecule is CCN1CCOC(=O)[C@H]1CC(=O)Nc1cc(OC)ccc1OC. The standard InChI is InChI=1S/C16H22N2O5/c1-4-18-7-8-23-16(20)13(18)10-15(19)17-12-9-11(21-2)5-6-14(12)22-3/h5-6,9,13H,4,7-8,10H2,1-3H3,(H,17,19)/t13-/m1/s1. The average molecular weight is 322 g/mol. The quantitative estimate of drug-likeness (QED) is 0.795. The molecule has 1 amide bonds. The molecule has 7 nitrogen and oxygen atoms in total. The largest absolute Gasteiger partial charge is 0.497 e. The van der Waals surface area contributed by atoms with Crippen molar-refractivity contribution in [1.82, 2.24) is 4.90 Å². The first kappa shape index (κ1) is 17.1. The van der Waals surface area contributed by atoms with Crippen molar-refractivity contribution in [1.29, 1.82) is 0 Å². The second-order valence-electron chi connectivity index (χ2n) is 5.13. The first-order chi connectivity index (χ1) is 11.1. The number of ether oxygens (including phenoxy) is 3. The van der Waals surface area contributed by atoms with Crippen molar-refractivity contribution in [2.75, 3.05) is 39.2 Å². The van der Waals surface area contributed by atoms with E-state index >= 15 is 0 Å². The molecule has 0 spiro atoms. The van der Waals surface area contributed by atoms with E-state index in [1.165, 1.54) is 7.11 Å². The molecular weight excluding hydrogens is 300 g/mol. The maximum atomic E-state index is 12.3. The average Bonchev–Trinajstić information content (AvgIpc) is 2.56. The van der Waals surface area contributed by atoms with Gasteiger partial charge in [-0.2, -0.15) is 0 Å². The maximum Gasteiger partial charge on any atom is 0.323 e. The Labute approximate surface area is 135 Å². The number of amides is 1. The molecule has 0 radical (unpaired) electrons. The van der Waals surface area contributed by atoms with Crippen LogP contribution in [0.25, 0.3) is 0 Å². The van der Waals surface area contributed by atoms with Gasteiger partial charge in [-0.25, -0.2) is 0 Å². The molecule has 1 heterocycles. The molecule has 1 fully saturated rings. The van der Waals surface area contributed by atoms with E-state index in [4.69, 9.17) is 14.2 Å². The molecule has 126 valence electrons. The summed E-state index contributed by atoms with van der Waals surface area (Å²) in [6.07, 6.45) is 0.0348. The predicted octanol–water partition coefficient (Wildman–Crippen LogP) is 1.28. The molecule has 0 aromatic heterocycles. The number of benzene rings is 1. The van der Waals surface area contributed by atoms with Gasteiger partial charge >= 0.3 is 5.97 Å². The minimum atomic E-state index is -0.551. The monoisotopic (exact) mass is 322 g/mol. The number of cyclic esters (lactones) is 1. The third kappa shape index (κ3) is 4.13. The highest BCUT2D eigenvalue weighted by Gasteiger charge is 2.32. The summed E-state index contributed by atoms with van der Waals surface area (Å²) >= 11 is 0. The van der Waals surface area contributed by atoms with Crippen LogP contribution in [0.3, 0.4) is 0 Å². The van der Waals surface area contributed by atoms with E-state index in [1.807, 2.05) is 11.8 Å². The molecule has 0 unspecified atom stereocenters. The smallest absolute Gasteiger partial charge is 0.323 e. The van der Waals surface area contributed by atoms with Gasteiger partial charge in [0, 0.05) is 12.6 Å². The van der Waals surface area contributed by atoms with Gasteiger partial charge in [0.15, 0.2) is 0 Å². The number of likely N-dealkylation sites (N-methyl/N-ethyl adjacent to an activating group) is 1. The summed E-state index contributed by atoms with van der Waals surface area (Å²) in [5.41, 5.74) is 0.504. The summed E-state index contributed by atoms with van der Waals surface area (Å²) in [6, 6.07) is 4.58. The van der Waals surface area contributed by atoms with Crippen LogP contribution in [0.1, 0.15) is 13.3 Å². The summed E-state index contributed by atoms with van der Waals surface area (Å²) in [6.45, 7) is 3.65. The Morgan fingerprint density at radius 3 is 2.83 bits per heavy atom. The van der Waals surface area contributed by atoms with Crippen molar-refractivity contribution >= 4 is 17.6 Å². The number of carbonyl (C=O) groups excluding carboxylic acids is 2. The van der Waals surface area contributed by atoms with Crippen molar-refractivity contribution in [3.05, 3.63) is 18.2 Å². The van der Waals surface area contributed by atoms with Gasteiger partial charge in [-0.3, -0.25) is 14.5 Å². The van der Waals surface area contributed by atoms with Crippen molar-refractivity contribution in [3.63, 3.8) is 0 Å². The zero-order valence-electron chi connectivity index (χ0n) is 13.6. The van der Waals surface area contributed by atoms with Crippen LogP contribution < -0.4 is 14.8 Å². The van der Waals surface area contributed by atoms with Gasteiger partial charge in [0.2, 0.25) is 5.91 Å². The van der Waals surface area contributed by atoms with Gasteiger partial charge in [0.05, 0.1) is 26.3 Å². The molecular formula is C16H22N2O5. The molecule has 1 N–H and O–H groups in total. The Kier molecular flexibility index (Phi) is 5.81. The van der Waals surface area contributed by atoms with Crippen molar-refractivity contribution in [3.8, 4) is 11.5 Å². The predicted molar refractivity (Wildman–Crippen MR) is 84.8 cm³/mol. The van der Waals surface area contributed by atoms with Crippen LogP contribution >= 0.6 is 0 Å². The van der Waals surface area contributed by atoms with Crippen LogP contribution in [0.5, 0.6) is 11.5 Å². The lowest BCUT2D eigenvalue weighted by Crippen LogP contribution is -2.50. The third-order valence-electron chi connectivity index (χ3n) is 3.80. The van der Waals surface area contributed by atoms with Crippen LogP contribution in [0.15, 0.2) is 18.2 Å². The Hall–Kier alpha value is -2.28. The van der Waals surface area contributed by atoms with Crippen molar-refractivity contribution < 1.29 is 23.8 Å². The van der Waals surface area contributed by atoms with E-state index in [-0.39, 0.29) is 18.3 Å². The highest BCUT2D eigenvalue weighted by molar-refractivity contribution is 5.95. The van der Waals surface area contributed by atoms with E-state index in [9.17, 15) is 9.59 Å². The Balaban J connectivity index is 2.08. The van der Waals surface area contributed by atoms with Gasteiger partial charge in [-0.1, -0.05) is 6.92 Å². The topological polar surface area (TPSA) is 77.1 Å². The highest BCUT2D eigenvalue weighted by Crippen LogP contribution is 2.29. The van der Waals surface area contributed by atoms with E-state index < -0.39 is 6.04 Å². The number of methoxy groups -OCH3 is 2. The van der Waals surface area contributed by atoms with Crippen LogP contribution in [-0.2, 0) is 14.3 Å².